The van der Waals surface area contributed by atoms with Crippen LogP contribution in [0.15, 0.2) is 28.9 Å². The highest BCUT2D eigenvalue weighted by atomic mass is 79.9. The average molecular weight is 416 g/mol. The topological polar surface area (TPSA) is 39.3 Å². The Balaban J connectivity index is 1.96. The first kappa shape index (κ1) is 7.20. The zero-order valence-electron chi connectivity index (χ0n) is 27.0. The number of likely N-dealkylation sites (N-methyl/N-ethyl adjacent to an activating group) is 1. The van der Waals surface area contributed by atoms with Crippen molar-refractivity contribution in [3.05, 3.63) is 40.0 Å². The largest absolute Gasteiger partial charge is 0.349 e. The van der Waals surface area contributed by atoms with Crippen molar-refractivity contribution < 1.29 is 24.0 Å². The summed E-state index contributed by atoms with van der Waals surface area (Å²) in [5.74, 6) is -3.19. The SMILES string of the molecule is [2H]c1ccc2[nH]c(Br)c3c2c1C1=C[C@@H](C(=O)N(C([2H])([2H])C([2H])([2H])[2H])C([2H])([2H])C([2H])([2H])[2H])CN(C([2H])([2H])[2H])[C@@H]1C3. The molecule has 0 saturated carbocycles. The summed E-state index contributed by atoms with van der Waals surface area (Å²) in [4.78, 5) is 17.5. The number of benzene rings is 1. The third kappa shape index (κ3) is 2.56. The highest BCUT2D eigenvalue weighted by Gasteiger charge is 2.37. The third-order valence-electron chi connectivity index (χ3n) is 4.76. The van der Waals surface area contributed by atoms with Gasteiger partial charge < -0.3 is 9.88 Å². The number of nitrogens with zero attached hydrogens (tertiary/aromatic N) is 2. The highest BCUT2D eigenvalue weighted by Crippen LogP contribution is 2.43. The van der Waals surface area contributed by atoms with Crippen molar-refractivity contribution in [2.45, 2.75) is 26.2 Å². The van der Waals surface area contributed by atoms with Crippen LogP contribution in [-0.4, -0.2) is 53.2 Å². The van der Waals surface area contributed by atoms with Crippen LogP contribution < -0.4 is 0 Å². The summed E-state index contributed by atoms with van der Waals surface area (Å²) in [6.45, 7) is -18.2. The quantitative estimate of drug-likeness (QED) is 0.830. The minimum atomic E-state index is -3.77. The minimum absolute atomic E-state index is 0.0114. The van der Waals surface area contributed by atoms with E-state index in [1.165, 1.54) is 12.1 Å². The summed E-state index contributed by atoms with van der Waals surface area (Å²) in [5, 5.41) is 0.614. The van der Waals surface area contributed by atoms with Gasteiger partial charge in [-0.05, 0) is 65.8 Å². The number of hydrogen-bond donors (Lipinski definition) is 1. The second-order valence-electron chi connectivity index (χ2n) is 6.06. The summed E-state index contributed by atoms with van der Waals surface area (Å²) in [7, 11) is 0. The van der Waals surface area contributed by atoms with E-state index in [0.717, 1.165) is 10.5 Å². The maximum atomic E-state index is 13.8. The molecule has 5 heteroatoms. The molecule has 0 bridgehead atoms. The normalized spacial score (nSPS) is 33.6. The van der Waals surface area contributed by atoms with Crippen molar-refractivity contribution in [2.75, 3.05) is 26.5 Å². The summed E-state index contributed by atoms with van der Waals surface area (Å²) < 4.78 is 112. The summed E-state index contributed by atoms with van der Waals surface area (Å²) >= 11 is 3.44. The predicted molar refractivity (Wildman–Crippen MR) is 106 cm³/mol. The van der Waals surface area contributed by atoms with Crippen molar-refractivity contribution in [2.24, 2.45) is 5.92 Å². The number of H-pyrrole nitrogens is 1. The Kier molecular flexibility index (Phi) is 1.81. The number of halogens is 1. The molecule has 0 radical (unpaired) electrons. The Morgan fingerprint density at radius 3 is 3.16 bits per heavy atom. The molecule has 1 amide bonds. The maximum Gasteiger partial charge on any atom is 0.230 e. The Labute approximate surface area is 176 Å². The molecule has 1 aliphatic heterocycles. The number of carbonyl (C=O) groups excluding carboxylic acids is 1. The highest BCUT2D eigenvalue weighted by molar-refractivity contribution is 9.10. The van der Waals surface area contributed by atoms with Gasteiger partial charge in [-0.1, -0.05) is 18.2 Å². The number of hydrogen-bond acceptors (Lipinski definition) is 2. The Morgan fingerprint density at radius 1 is 1.56 bits per heavy atom. The molecule has 132 valence electrons. The monoisotopic (exact) mass is 415 g/mol. The first-order chi connectivity index (χ1) is 17.5. The van der Waals surface area contributed by atoms with Gasteiger partial charge in [0.1, 0.15) is 0 Å². The van der Waals surface area contributed by atoms with E-state index in [-0.39, 0.29) is 18.0 Å². The maximum absolute atomic E-state index is 13.8. The van der Waals surface area contributed by atoms with Gasteiger partial charge in [0.25, 0.3) is 0 Å². The van der Waals surface area contributed by atoms with Crippen molar-refractivity contribution in [3.63, 3.8) is 0 Å². The summed E-state index contributed by atoms with van der Waals surface area (Å²) in [5.41, 5.74) is 1.91. The first-order valence-electron chi connectivity index (χ1n) is 14.6. The van der Waals surface area contributed by atoms with Gasteiger partial charge >= 0.3 is 0 Å². The molecule has 0 spiro atoms. The van der Waals surface area contributed by atoms with E-state index in [2.05, 4.69) is 20.9 Å². The number of nitrogens with one attached hydrogen (secondary N) is 1. The summed E-state index contributed by atoms with van der Waals surface area (Å²) in [6, 6.07) is 2.30. The van der Waals surface area contributed by atoms with E-state index in [1.54, 1.807) is 6.07 Å². The van der Waals surface area contributed by atoms with E-state index < -0.39 is 63.0 Å². The van der Waals surface area contributed by atoms with Crippen molar-refractivity contribution in [1.82, 2.24) is 14.8 Å². The number of aromatic amines is 1. The van der Waals surface area contributed by atoms with Crippen LogP contribution in [0.3, 0.4) is 0 Å². The summed E-state index contributed by atoms with van der Waals surface area (Å²) in [6.07, 6.45) is 1.45. The van der Waals surface area contributed by atoms with Gasteiger partial charge in [0.2, 0.25) is 5.91 Å². The molecule has 2 aliphatic rings. The van der Waals surface area contributed by atoms with E-state index in [4.69, 9.17) is 19.2 Å². The molecule has 1 N–H and O–H groups in total. The lowest BCUT2D eigenvalue weighted by molar-refractivity contribution is -0.134. The van der Waals surface area contributed by atoms with Crippen LogP contribution in [0.2, 0.25) is 0 Å². The predicted octanol–water partition coefficient (Wildman–Crippen LogP) is 3.67. The molecule has 0 saturated heterocycles. The molecule has 1 aromatic carbocycles. The van der Waals surface area contributed by atoms with Gasteiger partial charge in [-0.3, -0.25) is 9.69 Å². The van der Waals surface area contributed by atoms with Gasteiger partial charge in [0, 0.05) is 54.3 Å². The molecule has 0 unspecified atom stereocenters. The molecule has 0 fully saturated rings. The zero-order valence-corrected chi connectivity index (χ0v) is 14.6. The van der Waals surface area contributed by atoms with E-state index in [0.29, 0.717) is 21.1 Å². The zero-order chi connectivity index (χ0) is 29.7. The molecule has 2 atom stereocenters. The van der Waals surface area contributed by atoms with Gasteiger partial charge in [-0.2, -0.15) is 0 Å². The van der Waals surface area contributed by atoms with Gasteiger partial charge in [0.15, 0.2) is 0 Å². The van der Waals surface area contributed by atoms with Crippen molar-refractivity contribution >= 4 is 38.3 Å². The molecular weight excluding hydrogens is 378 g/mol. The number of aromatic nitrogens is 1. The number of rotatable bonds is 3. The van der Waals surface area contributed by atoms with Gasteiger partial charge in [0.05, 0.1) is 11.9 Å². The van der Waals surface area contributed by atoms with Crippen LogP contribution in [0.1, 0.15) is 44.0 Å². The van der Waals surface area contributed by atoms with E-state index in [1.807, 2.05) is 0 Å². The molecule has 4 rings (SSSR count). The molecule has 2 aromatic rings. The Morgan fingerprint density at radius 2 is 2.40 bits per heavy atom. The van der Waals surface area contributed by atoms with Gasteiger partial charge in [-0.25, -0.2) is 0 Å². The Hall–Kier alpha value is -1.59. The second-order valence-corrected chi connectivity index (χ2v) is 6.85. The van der Waals surface area contributed by atoms with E-state index >= 15 is 0 Å². The molecule has 1 aliphatic carbocycles. The number of amides is 1. The molecular formula is C20H24BrN3O. The van der Waals surface area contributed by atoms with E-state index in [9.17, 15) is 4.79 Å². The average Bonchev–Trinajstić information content (AvgIpc) is 3.08. The molecule has 4 nitrogen and oxygen atoms in total. The first-order valence-corrected chi connectivity index (χ1v) is 8.44. The fourth-order valence-electron chi connectivity index (χ4n) is 3.64. The lowest BCUT2D eigenvalue weighted by Crippen LogP contribution is -2.47. The molecule has 2 heterocycles. The second kappa shape index (κ2) is 6.29. The van der Waals surface area contributed by atoms with Crippen LogP contribution in [0.25, 0.3) is 16.5 Å². The van der Waals surface area contributed by atoms with Crippen LogP contribution in [0, 0.1) is 5.92 Å². The fourth-order valence-corrected chi connectivity index (χ4v) is 4.22. The fraction of sp³-hybridized carbons (Fsp3) is 0.450. The minimum Gasteiger partial charge on any atom is -0.349 e. The molecule has 25 heavy (non-hydrogen) atoms. The van der Waals surface area contributed by atoms with Crippen LogP contribution in [-0.2, 0) is 11.2 Å². The number of fused-ring (bicyclic) bond motifs is 2. The standard InChI is InChI=1S/C20H24BrN3O/c1-4-24(5-2)20(25)12-9-14-13-7-6-8-16-18(13)15(19(21)22-16)10-17(14)23(3)11-12/h6-9,12,17,22H,4-5,10-11H2,1-3H3/t12-,17-/m1/s1/i1D3,2D3,3D3,4D2,5D2,7D. The van der Waals surface area contributed by atoms with Crippen molar-refractivity contribution in [1.29, 1.82) is 0 Å². The van der Waals surface area contributed by atoms with Crippen LogP contribution in [0.4, 0.5) is 0 Å². The third-order valence-corrected chi connectivity index (χ3v) is 5.44. The van der Waals surface area contributed by atoms with Crippen LogP contribution >= 0.6 is 15.9 Å². The Bertz CT molecular complexity index is 1330. The lowest BCUT2D eigenvalue weighted by atomic mass is 9.79. The molecule has 1 aromatic heterocycles. The van der Waals surface area contributed by atoms with Crippen molar-refractivity contribution in [3.8, 4) is 0 Å². The number of carbonyl (C=O) groups is 1. The van der Waals surface area contributed by atoms with Crippen LogP contribution in [0.5, 0.6) is 0 Å². The smallest absolute Gasteiger partial charge is 0.230 e. The van der Waals surface area contributed by atoms with Gasteiger partial charge in [-0.15, -0.1) is 0 Å². The lowest BCUT2D eigenvalue weighted by Gasteiger charge is -2.40.